The van der Waals surface area contributed by atoms with Crippen molar-refractivity contribution in [2.45, 2.75) is 20.3 Å². The van der Waals surface area contributed by atoms with Gasteiger partial charge >= 0.3 is 0 Å². The molecule has 1 heterocycles. The maximum absolute atomic E-state index is 13.2. The maximum Gasteiger partial charge on any atom is 0.161 e. The van der Waals surface area contributed by atoms with E-state index in [1.807, 2.05) is 6.92 Å². The van der Waals surface area contributed by atoms with Crippen LogP contribution in [0.2, 0.25) is 5.02 Å². The summed E-state index contributed by atoms with van der Waals surface area (Å²) in [6, 6.07) is 4.47. The predicted molar refractivity (Wildman–Crippen MR) is 83.7 cm³/mol. The van der Waals surface area contributed by atoms with Crippen molar-refractivity contribution in [1.82, 2.24) is 9.97 Å². The normalized spacial score (nSPS) is 10.7. The van der Waals surface area contributed by atoms with Crippen molar-refractivity contribution in [1.29, 1.82) is 0 Å². The molecular weight excluding hydrogens is 345 g/mol. The van der Waals surface area contributed by atoms with E-state index in [-0.39, 0.29) is 5.02 Å². The van der Waals surface area contributed by atoms with E-state index in [2.05, 4.69) is 38.1 Å². The molecule has 0 radical (unpaired) electrons. The van der Waals surface area contributed by atoms with Crippen molar-refractivity contribution in [2.24, 2.45) is 0 Å². The molecule has 0 unspecified atom stereocenters. The van der Waals surface area contributed by atoms with E-state index in [1.54, 1.807) is 6.07 Å². The molecule has 0 aliphatic rings. The first-order valence-corrected chi connectivity index (χ1v) is 7.43. The lowest BCUT2D eigenvalue weighted by Crippen LogP contribution is -2.06. The van der Waals surface area contributed by atoms with Crippen LogP contribution in [0.5, 0.6) is 0 Å². The van der Waals surface area contributed by atoms with E-state index in [1.165, 1.54) is 12.1 Å². The Kier molecular flexibility index (Phi) is 4.94. The Morgan fingerprint density at radius 1 is 1.35 bits per heavy atom. The molecule has 2 aromatic rings. The van der Waals surface area contributed by atoms with Gasteiger partial charge in [-0.15, -0.1) is 0 Å². The highest BCUT2D eigenvalue weighted by atomic mass is 79.9. The SMILES string of the molecule is CCCNc1nc(-c2ccc(F)c(Cl)c2)nc(C)c1Br. The number of anilines is 1. The molecule has 20 heavy (non-hydrogen) atoms. The Hall–Kier alpha value is -1.20. The molecule has 0 spiro atoms. The van der Waals surface area contributed by atoms with Gasteiger partial charge in [-0.25, -0.2) is 14.4 Å². The number of hydrogen-bond acceptors (Lipinski definition) is 3. The molecule has 6 heteroatoms. The van der Waals surface area contributed by atoms with E-state index in [9.17, 15) is 4.39 Å². The quantitative estimate of drug-likeness (QED) is 0.850. The van der Waals surface area contributed by atoms with Crippen molar-refractivity contribution in [3.63, 3.8) is 0 Å². The van der Waals surface area contributed by atoms with Gasteiger partial charge in [0.15, 0.2) is 5.82 Å². The molecule has 0 aliphatic heterocycles. The summed E-state index contributed by atoms with van der Waals surface area (Å²) >= 11 is 9.27. The van der Waals surface area contributed by atoms with Crippen LogP contribution in [0, 0.1) is 12.7 Å². The number of halogens is 3. The molecule has 2 rings (SSSR count). The minimum atomic E-state index is -0.450. The van der Waals surface area contributed by atoms with E-state index in [0.717, 1.165) is 29.0 Å². The molecule has 0 bridgehead atoms. The van der Waals surface area contributed by atoms with Gasteiger partial charge in [0, 0.05) is 12.1 Å². The third kappa shape index (κ3) is 3.27. The van der Waals surface area contributed by atoms with Crippen LogP contribution in [0.15, 0.2) is 22.7 Å². The number of aryl methyl sites for hydroxylation is 1. The summed E-state index contributed by atoms with van der Waals surface area (Å²) < 4.78 is 14.0. The fraction of sp³-hybridized carbons (Fsp3) is 0.286. The zero-order valence-electron chi connectivity index (χ0n) is 11.2. The van der Waals surface area contributed by atoms with Crippen molar-refractivity contribution in [2.75, 3.05) is 11.9 Å². The van der Waals surface area contributed by atoms with Crippen LogP contribution in [0.1, 0.15) is 19.0 Å². The molecule has 3 nitrogen and oxygen atoms in total. The van der Waals surface area contributed by atoms with Crippen LogP contribution in [0.4, 0.5) is 10.2 Å². The van der Waals surface area contributed by atoms with Crippen LogP contribution in [0.25, 0.3) is 11.4 Å². The second kappa shape index (κ2) is 6.50. The van der Waals surface area contributed by atoms with E-state index >= 15 is 0 Å². The second-order valence-electron chi connectivity index (χ2n) is 4.35. The molecule has 0 saturated carbocycles. The first-order chi connectivity index (χ1) is 9.52. The van der Waals surface area contributed by atoms with Crippen LogP contribution >= 0.6 is 27.5 Å². The van der Waals surface area contributed by atoms with Gasteiger partial charge in [-0.3, -0.25) is 0 Å². The van der Waals surface area contributed by atoms with E-state index in [4.69, 9.17) is 11.6 Å². The van der Waals surface area contributed by atoms with Crippen molar-refractivity contribution in [3.05, 3.63) is 39.2 Å². The molecule has 1 N–H and O–H groups in total. The van der Waals surface area contributed by atoms with Crippen LogP contribution in [0.3, 0.4) is 0 Å². The number of aromatic nitrogens is 2. The van der Waals surface area contributed by atoms with Gasteiger partial charge in [0.05, 0.1) is 15.2 Å². The smallest absolute Gasteiger partial charge is 0.161 e. The second-order valence-corrected chi connectivity index (χ2v) is 5.55. The molecule has 0 saturated heterocycles. The van der Waals surface area contributed by atoms with Gasteiger partial charge in [0.1, 0.15) is 11.6 Å². The summed E-state index contributed by atoms with van der Waals surface area (Å²) in [4.78, 5) is 8.86. The summed E-state index contributed by atoms with van der Waals surface area (Å²) in [7, 11) is 0. The van der Waals surface area contributed by atoms with Crippen LogP contribution < -0.4 is 5.32 Å². The average Bonchev–Trinajstić information content (AvgIpc) is 2.43. The molecule has 0 fully saturated rings. The highest BCUT2D eigenvalue weighted by Crippen LogP contribution is 2.28. The Labute approximate surface area is 130 Å². The number of benzene rings is 1. The van der Waals surface area contributed by atoms with Crippen LogP contribution in [-0.4, -0.2) is 16.5 Å². The Morgan fingerprint density at radius 2 is 2.10 bits per heavy atom. The Bertz CT molecular complexity index is 634. The number of rotatable bonds is 4. The molecule has 0 atom stereocenters. The Morgan fingerprint density at radius 3 is 2.75 bits per heavy atom. The number of nitrogens with one attached hydrogen (secondary N) is 1. The summed E-state index contributed by atoms with van der Waals surface area (Å²) in [5.74, 6) is 0.801. The van der Waals surface area contributed by atoms with Crippen molar-refractivity contribution >= 4 is 33.3 Å². The summed E-state index contributed by atoms with van der Waals surface area (Å²) in [5, 5.41) is 3.30. The van der Waals surface area contributed by atoms with Crippen LogP contribution in [-0.2, 0) is 0 Å². The lowest BCUT2D eigenvalue weighted by molar-refractivity contribution is 0.628. The average molecular weight is 359 g/mol. The third-order valence-corrected chi connectivity index (χ3v) is 3.98. The maximum atomic E-state index is 13.2. The summed E-state index contributed by atoms with van der Waals surface area (Å²) in [6.45, 7) is 4.78. The molecule has 1 aromatic heterocycles. The fourth-order valence-electron chi connectivity index (χ4n) is 1.68. The minimum Gasteiger partial charge on any atom is -0.369 e. The third-order valence-electron chi connectivity index (χ3n) is 2.74. The molecule has 1 aromatic carbocycles. The standard InChI is InChI=1S/C14H14BrClFN3/c1-3-6-18-14-12(15)8(2)19-13(20-14)9-4-5-11(17)10(16)7-9/h4-5,7H,3,6H2,1-2H3,(H,18,19,20). The number of nitrogens with zero attached hydrogens (tertiary/aromatic N) is 2. The van der Waals surface area contributed by atoms with Crippen molar-refractivity contribution in [3.8, 4) is 11.4 Å². The highest BCUT2D eigenvalue weighted by Gasteiger charge is 2.11. The van der Waals surface area contributed by atoms with Gasteiger partial charge in [0.25, 0.3) is 0 Å². The largest absolute Gasteiger partial charge is 0.369 e. The lowest BCUT2D eigenvalue weighted by Gasteiger charge is -2.11. The lowest BCUT2D eigenvalue weighted by atomic mass is 10.2. The molecule has 0 aliphatic carbocycles. The predicted octanol–water partition coefficient (Wildman–Crippen LogP) is 4.83. The minimum absolute atomic E-state index is 0.0646. The van der Waals surface area contributed by atoms with Crippen molar-refractivity contribution < 1.29 is 4.39 Å². The monoisotopic (exact) mass is 357 g/mol. The van der Waals surface area contributed by atoms with E-state index in [0.29, 0.717) is 11.4 Å². The highest BCUT2D eigenvalue weighted by molar-refractivity contribution is 9.10. The Balaban J connectivity index is 2.45. The van der Waals surface area contributed by atoms with Gasteiger partial charge in [-0.2, -0.15) is 0 Å². The number of hydrogen-bond donors (Lipinski definition) is 1. The summed E-state index contributed by atoms with van der Waals surface area (Å²) in [6.07, 6.45) is 0.993. The first-order valence-electron chi connectivity index (χ1n) is 6.26. The van der Waals surface area contributed by atoms with Gasteiger partial charge in [0.2, 0.25) is 0 Å². The zero-order chi connectivity index (χ0) is 14.7. The molecule has 106 valence electrons. The first kappa shape index (κ1) is 15.2. The topological polar surface area (TPSA) is 37.8 Å². The molecule has 0 amide bonds. The molecular formula is C14H14BrClFN3. The van der Waals surface area contributed by atoms with Gasteiger partial charge < -0.3 is 5.32 Å². The fourth-order valence-corrected chi connectivity index (χ4v) is 2.18. The van der Waals surface area contributed by atoms with Gasteiger partial charge in [-0.05, 0) is 47.5 Å². The summed E-state index contributed by atoms with van der Waals surface area (Å²) in [5.41, 5.74) is 1.50. The van der Waals surface area contributed by atoms with E-state index < -0.39 is 5.82 Å². The zero-order valence-corrected chi connectivity index (χ0v) is 13.5. The van der Waals surface area contributed by atoms with Gasteiger partial charge in [-0.1, -0.05) is 18.5 Å².